The number of anilines is 1. The van der Waals surface area contributed by atoms with Crippen molar-refractivity contribution in [1.82, 2.24) is 0 Å². The minimum Gasteiger partial charge on any atom is -0.291 e. The molecule has 0 spiro atoms. The fourth-order valence-electron chi connectivity index (χ4n) is 1.51. The number of carbonyl (C=O) groups is 1. The first-order chi connectivity index (χ1) is 6.68. The average Bonchev–Trinajstić information content (AvgIpc) is 2.48. The molecule has 0 aromatic heterocycles. The third-order valence-electron chi connectivity index (χ3n) is 2.36. The highest BCUT2D eigenvalue weighted by molar-refractivity contribution is 6.42. The van der Waals surface area contributed by atoms with Crippen LogP contribution in [0.3, 0.4) is 0 Å². The molecule has 3 heteroatoms. The molecule has 0 radical (unpaired) electrons. The number of nitrogens with zero attached hydrogens (tertiary/aromatic N) is 2. The summed E-state index contributed by atoms with van der Waals surface area (Å²) in [6, 6.07) is 7.93. The molecule has 0 saturated heterocycles. The van der Waals surface area contributed by atoms with Crippen molar-refractivity contribution in [3.8, 4) is 0 Å². The highest BCUT2D eigenvalue weighted by Crippen LogP contribution is 2.21. The normalized spacial score (nSPS) is 16.0. The molecule has 0 bridgehead atoms. The molecule has 1 heterocycles. The molecule has 0 saturated carbocycles. The average molecular weight is 188 g/mol. The molecular formula is C11H12N2O. The summed E-state index contributed by atoms with van der Waals surface area (Å²) in [4.78, 5) is 11.3. The second kappa shape index (κ2) is 3.25. The maximum absolute atomic E-state index is 11.3. The van der Waals surface area contributed by atoms with Crippen LogP contribution in [0.1, 0.15) is 12.5 Å². The number of hydrogen-bond donors (Lipinski definition) is 0. The van der Waals surface area contributed by atoms with Crippen LogP contribution in [0.4, 0.5) is 5.69 Å². The number of ketones is 1. The van der Waals surface area contributed by atoms with Gasteiger partial charge < -0.3 is 0 Å². The fourth-order valence-corrected chi connectivity index (χ4v) is 1.51. The number of aryl methyl sites for hydroxylation is 1. The van der Waals surface area contributed by atoms with Crippen molar-refractivity contribution < 1.29 is 4.79 Å². The summed E-state index contributed by atoms with van der Waals surface area (Å²) < 4.78 is 0. The Labute approximate surface area is 83.0 Å². The molecule has 0 atom stereocenters. The zero-order valence-corrected chi connectivity index (χ0v) is 8.32. The third kappa shape index (κ3) is 1.41. The summed E-state index contributed by atoms with van der Waals surface area (Å²) >= 11 is 0. The van der Waals surface area contributed by atoms with E-state index in [-0.39, 0.29) is 5.78 Å². The van der Waals surface area contributed by atoms with Gasteiger partial charge in [-0.1, -0.05) is 18.2 Å². The van der Waals surface area contributed by atoms with E-state index < -0.39 is 0 Å². The SMILES string of the molecule is CC1=NN(c2ccccc2C)CC1=O. The summed E-state index contributed by atoms with van der Waals surface area (Å²) in [6.45, 7) is 4.14. The molecule has 3 nitrogen and oxygen atoms in total. The van der Waals surface area contributed by atoms with E-state index in [0.29, 0.717) is 12.3 Å². The summed E-state index contributed by atoms with van der Waals surface area (Å²) in [5.41, 5.74) is 2.74. The van der Waals surface area contributed by atoms with Gasteiger partial charge in [-0.3, -0.25) is 9.80 Å². The molecule has 0 fully saturated rings. The lowest BCUT2D eigenvalue weighted by Gasteiger charge is -2.14. The van der Waals surface area contributed by atoms with Gasteiger partial charge in [-0.25, -0.2) is 0 Å². The van der Waals surface area contributed by atoms with Crippen LogP contribution in [0, 0.1) is 6.92 Å². The van der Waals surface area contributed by atoms with Crippen molar-refractivity contribution >= 4 is 17.2 Å². The first kappa shape index (κ1) is 8.94. The predicted molar refractivity (Wildman–Crippen MR) is 56.6 cm³/mol. The first-order valence-corrected chi connectivity index (χ1v) is 4.60. The molecule has 2 rings (SSSR count). The lowest BCUT2D eigenvalue weighted by molar-refractivity contribution is -0.111. The molecule has 72 valence electrons. The summed E-state index contributed by atoms with van der Waals surface area (Å²) in [7, 11) is 0. The summed E-state index contributed by atoms with van der Waals surface area (Å²) in [5, 5.41) is 5.96. The molecule has 1 aliphatic heterocycles. The number of para-hydroxylation sites is 1. The Morgan fingerprint density at radius 2 is 2.00 bits per heavy atom. The van der Waals surface area contributed by atoms with Gasteiger partial charge in [0.25, 0.3) is 0 Å². The molecule has 1 aromatic carbocycles. The highest BCUT2D eigenvalue weighted by Gasteiger charge is 2.21. The van der Waals surface area contributed by atoms with E-state index in [1.165, 1.54) is 0 Å². The second-order valence-electron chi connectivity index (χ2n) is 3.45. The van der Waals surface area contributed by atoms with Crippen LogP contribution in [0.15, 0.2) is 29.4 Å². The topological polar surface area (TPSA) is 32.7 Å². The molecule has 0 amide bonds. The van der Waals surface area contributed by atoms with E-state index in [0.717, 1.165) is 11.3 Å². The molecule has 0 aliphatic carbocycles. The quantitative estimate of drug-likeness (QED) is 0.672. The number of benzene rings is 1. The van der Waals surface area contributed by atoms with Gasteiger partial charge in [0.1, 0.15) is 12.3 Å². The molecule has 1 aromatic rings. The highest BCUT2D eigenvalue weighted by atomic mass is 16.1. The van der Waals surface area contributed by atoms with Gasteiger partial charge in [0.2, 0.25) is 0 Å². The molecular weight excluding hydrogens is 176 g/mol. The Kier molecular flexibility index (Phi) is 2.08. The van der Waals surface area contributed by atoms with Crippen LogP contribution in [0.25, 0.3) is 0 Å². The van der Waals surface area contributed by atoms with Gasteiger partial charge in [-0.15, -0.1) is 0 Å². The van der Waals surface area contributed by atoms with Gasteiger partial charge in [-0.2, -0.15) is 5.10 Å². The van der Waals surface area contributed by atoms with Crippen LogP contribution in [0.5, 0.6) is 0 Å². The zero-order chi connectivity index (χ0) is 10.1. The van der Waals surface area contributed by atoms with E-state index in [1.54, 1.807) is 11.9 Å². The molecule has 0 N–H and O–H groups in total. The van der Waals surface area contributed by atoms with Gasteiger partial charge in [0.05, 0.1) is 5.69 Å². The monoisotopic (exact) mass is 188 g/mol. The van der Waals surface area contributed by atoms with Crippen molar-refractivity contribution in [2.45, 2.75) is 13.8 Å². The number of rotatable bonds is 1. The van der Waals surface area contributed by atoms with E-state index in [9.17, 15) is 4.79 Å². The Balaban J connectivity index is 2.35. The number of hydrogen-bond acceptors (Lipinski definition) is 3. The van der Waals surface area contributed by atoms with Crippen molar-refractivity contribution in [1.29, 1.82) is 0 Å². The van der Waals surface area contributed by atoms with Gasteiger partial charge in [0.15, 0.2) is 5.78 Å². The maximum atomic E-state index is 11.3. The Morgan fingerprint density at radius 1 is 1.29 bits per heavy atom. The van der Waals surface area contributed by atoms with Gasteiger partial charge >= 0.3 is 0 Å². The molecule has 0 unspecified atom stereocenters. The molecule has 1 aliphatic rings. The third-order valence-corrected chi connectivity index (χ3v) is 2.36. The Morgan fingerprint density at radius 3 is 2.57 bits per heavy atom. The van der Waals surface area contributed by atoms with Crippen LogP contribution < -0.4 is 5.01 Å². The lowest BCUT2D eigenvalue weighted by Crippen LogP contribution is -2.18. The van der Waals surface area contributed by atoms with Gasteiger partial charge in [-0.05, 0) is 25.5 Å². The van der Waals surface area contributed by atoms with Crippen molar-refractivity contribution in [3.63, 3.8) is 0 Å². The Bertz CT molecular complexity index is 410. The molecule has 14 heavy (non-hydrogen) atoms. The minimum atomic E-state index is 0.105. The minimum absolute atomic E-state index is 0.105. The van der Waals surface area contributed by atoms with Crippen LogP contribution >= 0.6 is 0 Å². The standard InChI is InChI=1S/C11H12N2O/c1-8-5-3-4-6-10(8)13-7-11(14)9(2)12-13/h3-6H,7H2,1-2H3. The lowest BCUT2D eigenvalue weighted by atomic mass is 10.2. The van der Waals surface area contributed by atoms with Crippen molar-refractivity contribution in [2.75, 3.05) is 11.6 Å². The van der Waals surface area contributed by atoms with E-state index in [1.807, 2.05) is 31.2 Å². The van der Waals surface area contributed by atoms with Crippen molar-refractivity contribution in [3.05, 3.63) is 29.8 Å². The zero-order valence-electron chi connectivity index (χ0n) is 8.32. The summed E-state index contributed by atoms with van der Waals surface area (Å²) in [6.07, 6.45) is 0. The fraction of sp³-hybridized carbons (Fsp3) is 0.273. The van der Waals surface area contributed by atoms with E-state index in [2.05, 4.69) is 5.10 Å². The van der Waals surface area contributed by atoms with Gasteiger partial charge in [0, 0.05) is 0 Å². The van der Waals surface area contributed by atoms with Crippen LogP contribution in [-0.4, -0.2) is 18.0 Å². The van der Waals surface area contributed by atoms with E-state index in [4.69, 9.17) is 0 Å². The van der Waals surface area contributed by atoms with Crippen molar-refractivity contribution in [2.24, 2.45) is 5.10 Å². The number of Topliss-reactive ketones (excluding diaryl/α,β-unsaturated/α-hetero) is 1. The Hall–Kier alpha value is -1.64. The van der Waals surface area contributed by atoms with Crippen LogP contribution in [0.2, 0.25) is 0 Å². The second-order valence-corrected chi connectivity index (χ2v) is 3.45. The maximum Gasteiger partial charge on any atom is 0.199 e. The first-order valence-electron chi connectivity index (χ1n) is 4.60. The van der Waals surface area contributed by atoms with Crippen LogP contribution in [-0.2, 0) is 4.79 Å². The largest absolute Gasteiger partial charge is 0.291 e. The summed E-state index contributed by atoms with van der Waals surface area (Å²) in [5.74, 6) is 0.105. The predicted octanol–water partition coefficient (Wildman–Crippen LogP) is 1.76. The van der Waals surface area contributed by atoms with E-state index >= 15 is 0 Å². The smallest absolute Gasteiger partial charge is 0.199 e. The number of hydrazone groups is 1. The number of carbonyl (C=O) groups excluding carboxylic acids is 1.